The van der Waals surface area contributed by atoms with E-state index in [0.717, 1.165) is 5.56 Å². The molecule has 0 unspecified atom stereocenters. The van der Waals surface area contributed by atoms with E-state index in [2.05, 4.69) is 4.98 Å². The predicted molar refractivity (Wildman–Crippen MR) is 108 cm³/mol. The molecule has 158 valence electrons. The second-order valence-electron chi connectivity index (χ2n) is 6.70. The largest absolute Gasteiger partial charge is 0.481 e. The van der Waals surface area contributed by atoms with Gasteiger partial charge in [0.25, 0.3) is 0 Å². The molecule has 2 N–H and O–H groups in total. The van der Waals surface area contributed by atoms with E-state index in [-0.39, 0.29) is 31.2 Å². The molecule has 0 bridgehead atoms. The third-order valence-electron chi connectivity index (χ3n) is 4.63. The maximum Gasteiger partial charge on any atom is 0.357 e. The number of rotatable bonds is 11. The van der Waals surface area contributed by atoms with E-state index in [9.17, 15) is 15.0 Å². The minimum Gasteiger partial charge on any atom is -0.481 e. The highest BCUT2D eigenvalue weighted by atomic mass is 16.5. The molecule has 29 heavy (non-hydrogen) atoms. The molecule has 2 rings (SSSR count). The van der Waals surface area contributed by atoms with Crippen LogP contribution >= 0.6 is 0 Å². The molecule has 0 spiro atoms. The lowest BCUT2D eigenvalue weighted by Crippen LogP contribution is -2.32. The van der Waals surface area contributed by atoms with Crippen LogP contribution in [0.25, 0.3) is 0 Å². The van der Waals surface area contributed by atoms with Gasteiger partial charge in [0.15, 0.2) is 5.69 Å². The number of esters is 1. The smallest absolute Gasteiger partial charge is 0.357 e. The molecule has 1 atom stereocenters. The number of aliphatic hydroxyl groups is 2. The fraction of sp³-hybridized carbons (Fsp3) is 0.455. The van der Waals surface area contributed by atoms with Gasteiger partial charge in [-0.3, -0.25) is 0 Å². The van der Waals surface area contributed by atoms with Crippen molar-refractivity contribution >= 4 is 5.97 Å². The van der Waals surface area contributed by atoms with E-state index in [1.807, 2.05) is 37.3 Å². The van der Waals surface area contributed by atoms with Crippen molar-refractivity contribution in [3.63, 3.8) is 0 Å². The molecule has 0 aliphatic heterocycles. The number of pyridine rings is 1. The van der Waals surface area contributed by atoms with Crippen LogP contribution in [0, 0.1) is 0 Å². The highest BCUT2D eigenvalue weighted by Gasteiger charge is 2.33. The first kappa shape index (κ1) is 22.8. The average molecular weight is 403 g/mol. The lowest BCUT2D eigenvalue weighted by Gasteiger charge is -2.28. The summed E-state index contributed by atoms with van der Waals surface area (Å²) in [6.07, 6.45) is 0.905. The number of nitrogens with zero attached hydrogens (tertiary/aromatic N) is 1. The van der Waals surface area contributed by atoms with Crippen LogP contribution in [0.3, 0.4) is 0 Å². The van der Waals surface area contributed by atoms with Crippen molar-refractivity contribution < 1.29 is 29.2 Å². The highest BCUT2D eigenvalue weighted by Crippen LogP contribution is 2.33. The molecule has 1 heterocycles. The minimum absolute atomic E-state index is 0.0115. The number of aliphatic hydroxyl groups excluding tert-OH is 1. The zero-order valence-electron chi connectivity index (χ0n) is 17.2. The Balaban J connectivity index is 2.39. The Bertz CT molecular complexity index is 789. The Labute approximate surface area is 171 Å². The van der Waals surface area contributed by atoms with E-state index in [4.69, 9.17) is 14.2 Å². The molecule has 0 aliphatic rings. The zero-order chi connectivity index (χ0) is 21.3. The molecular formula is C22H29NO6. The number of benzene rings is 1. The van der Waals surface area contributed by atoms with Gasteiger partial charge in [0.05, 0.1) is 33.5 Å². The van der Waals surface area contributed by atoms with Crippen LogP contribution in [0.1, 0.15) is 53.9 Å². The summed E-state index contributed by atoms with van der Waals surface area (Å²) >= 11 is 0. The van der Waals surface area contributed by atoms with Gasteiger partial charge in [0.1, 0.15) is 5.60 Å². The van der Waals surface area contributed by atoms with Crippen LogP contribution in [0.2, 0.25) is 0 Å². The van der Waals surface area contributed by atoms with E-state index in [0.29, 0.717) is 24.2 Å². The Kier molecular flexibility index (Phi) is 8.57. The third kappa shape index (κ3) is 5.76. The summed E-state index contributed by atoms with van der Waals surface area (Å²) in [4.78, 5) is 16.6. The lowest BCUT2D eigenvalue weighted by molar-refractivity contribution is -0.0249. The molecule has 2 aromatic rings. The second-order valence-corrected chi connectivity index (χ2v) is 6.70. The van der Waals surface area contributed by atoms with Gasteiger partial charge >= 0.3 is 5.97 Å². The molecule has 0 radical (unpaired) electrons. The number of aromatic nitrogens is 1. The van der Waals surface area contributed by atoms with Crippen molar-refractivity contribution in [1.29, 1.82) is 0 Å². The first-order valence-corrected chi connectivity index (χ1v) is 9.69. The van der Waals surface area contributed by atoms with Crippen LogP contribution in [-0.4, -0.2) is 41.5 Å². The zero-order valence-corrected chi connectivity index (χ0v) is 17.2. The predicted octanol–water partition coefficient (Wildman–Crippen LogP) is 2.96. The maximum atomic E-state index is 12.3. The van der Waals surface area contributed by atoms with Crippen molar-refractivity contribution in [2.45, 2.75) is 45.5 Å². The van der Waals surface area contributed by atoms with Gasteiger partial charge in [-0.05, 0) is 30.0 Å². The molecule has 1 aromatic heterocycles. The van der Waals surface area contributed by atoms with Crippen LogP contribution in [0.5, 0.6) is 5.88 Å². The summed E-state index contributed by atoms with van der Waals surface area (Å²) in [7, 11) is 1.43. The molecular weight excluding hydrogens is 374 g/mol. The van der Waals surface area contributed by atoms with Crippen molar-refractivity contribution in [1.82, 2.24) is 4.98 Å². The molecule has 1 aromatic carbocycles. The van der Waals surface area contributed by atoms with E-state index >= 15 is 0 Å². The number of ether oxygens (including phenoxy) is 3. The number of hydrogen-bond donors (Lipinski definition) is 2. The maximum absolute atomic E-state index is 12.3. The first-order valence-electron chi connectivity index (χ1n) is 9.69. The molecule has 0 amide bonds. The first-order chi connectivity index (χ1) is 14.0. The van der Waals surface area contributed by atoms with Gasteiger partial charge in [-0.15, -0.1) is 0 Å². The topological polar surface area (TPSA) is 98.1 Å². The molecule has 7 heteroatoms. The van der Waals surface area contributed by atoms with E-state index in [1.54, 1.807) is 6.92 Å². The average Bonchev–Trinajstić information content (AvgIpc) is 2.77. The summed E-state index contributed by atoms with van der Waals surface area (Å²) in [5.41, 5.74) is 0.257. The van der Waals surface area contributed by atoms with Crippen molar-refractivity contribution in [2.24, 2.45) is 0 Å². The minimum atomic E-state index is -1.57. The van der Waals surface area contributed by atoms with Gasteiger partial charge in [0, 0.05) is 5.56 Å². The lowest BCUT2D eigenvalue weighted by atomic mass is 9.88. The Morgan fingerprint density at radius 3 is 2.48 bits per heavy atom. The van der Waals surface area contributed by atoms with Gasteiger partial charge in [-0.25, -0.2) is 9.78 Å². The van der Waals surface area contributed by atoms with Crippen LogP contribution in [0.4, 0.5) is 0 Å². The Morgan fingerprint density at radius 2 is 1.90 bits per heavy atom. The monoisotopic (exact) mass is 403 g/mol. The standard InChI is InChI=1S/C22H29NO6/c1-4-11-29-21(25)19-12-18(22(26,5-2)15-24)17(20(23-19)27-3)14-28-13-16-9-7-6-8-10-16/h6-10,12,24,26H,4-5,11,13-15H2,1-3H3/t22-/m0/s1. The van der Waals surface area contributed by atoms with Gasteiger partial charge in [-0.1, -0.05) is 44.2 Å². The van der Waals surface area contributed by atoms with Crippen LogP contribution in [0.15, 0.2) is 36.4 Å². The van der Waals surface area contributed by atoms with Crippen molar-refractivity contribution in [2.75, 3.05) is 20.3 Å². The number of carbonyl (C=O) groups excluding carboxylic acids is 1. The third-order valence-corrected chi connectivity index (χ3v) is 4.63. The van der Waals surface area contributed by atoms with Crippen molar-refractivity contribution in [3.8, 4) is 5.88 Å². The molecule has 0 aliphatic carbocycles. The van der Waals surface area contributed by atoms with Crippen LogP contribution in [-0.2, 0) is 28.3 Å². The second kappa shape index (κ2) is 10.9. The molecule has 0 saturated heterocycles. The van der Waals surface area contributed by atoms with Crippen LogP contribution < -0.4 is 4.74 Å². The normalized spacial score (nSPS) is 13.0. The summed E-state index contributed by atoms with van der Waals surface area (Å²) in [6, 6.07) is 11.1. The summed E-state index contributed by atoms with van der Waals surface area (Å²) in [5.74, 6) is -0.459. The fourth-order valence-corrected chi connectivity index (χ4v) is 2.88. The number of carbonyl (C=O) groups is 1. The van der Waals surface area contributed by atoms with Gasteiger partial charge < -0.3 is 24.4 Å². The van der Waals surface area contributed by atoms with E-state index < -0.39 is 18.2 Å². The molecule has 0 saturated carbocycles. The van der Waals surface area contributed by atoms with Gasteiger partial charge in [-0.2, -0.15) is 0 Å². The van der Waals surface area contributed by atoms with Gasteiger partial charge in [0.2, 0.25) is 5.88 Å². The van der Waals surface area contributed by atoms with Crippen molar-refractivity contribution in [3.05, 3.63) is 58.8 Å². The molecule has 0 fully saturated rings. The SMILES string of the molecule is CCCOC(=O)c1cc([C@](O)(CC)CO)c(COCc2ccccc2)c(OC)n1. The summed E-state index contributed by atoms with van der Waals surface area (Å²) in [6.45, 7) is 3.82. The number of methoxy groups -OCH3 is 1. The molecule has 7 nitrogen and oxygen atoms in total. The highest BCUT2D eigenvalue weighted by molar-refractivity contribution is 5.88. The Morgan fingerprint density at radius 1 is 1.17 bits per heavy atom. The summed E-state index contributed by atoms with van der Waals surface area (Å²) in [5, 5.41) is 20.8. The summed E-state index contributed by atoms with van der Waals surface area (Å²) < 4.78 is 16.3. The quantitative estimate of drug-likeness (QED) is 0.557. The number of hydrogen-bond acceptors (Lipinski definition) is 7. The van der Waals surface area contributed by atoms with E-state index in [1.165, 1.54) is 13.2 Å². The fourth-order valence-electron chi connectivity index (χ4n) is 2.88. The Hall–Kier alpha value is -2.48.